The summed E-state index contributed by atoms with van der Waals surface area (Å²) in [5.41, 5.74) is 1.67. The fraction of sp³-hybridized carbons (Fsp3) is 0.435. The first kappa shape index (κ1) is 24.1. The number of carbonyl (C=O) groups is 2. The predicted octanol–water partition coefficient (Wildman–Crippen LogP) is 3.43. The number of halogens is 2. The summed E-state index contributed by atoms with van der Waals surface area (Å²) in [5, 5.41) is 3.96. The molecule has 1 fully saturated rings. The van der Waals surface area contributed by atoms with Crippen molar-refractivity contribution in [1.82, 2.24) is 15.2 Å². The van der Waals surface area contributed by atoms with Crippen LogP contribution in [0.1, 0.15) is 19.4 Å². The highest BCUT2D eigenvalue weighted by Crippen LogP contribution is 2.36. The Morgan fingerprint density at radius 3 is 2.34 bits per heavy atom. The number of piperazine rings is 1. The molecular formula is C23H28Cl2N4O3. The van der Waals surface area contributed by atoms with Crippen LogP contribution in [0.25, 0.3) is 0 Å². The maximum absolute atomic E-state index is 13.2. The van der Waals surface area contributed by atoms with Gasteiger partial charge in [0.1, 0.15) is 11.8 Å². The minimum atomic E-state index is -0.574. The second-order valence-electron chi connectivity index (χ2n) is 8.07. The van der Waals surface area contributed by atoms with Crippen LogP contribution in [-0.4, -0.2) is 61.0 Å². The minimum Gasteiger partial charge on any atom is -0.495 e. The van der Waals surface area contributed by atoms with Gasteiger partial charge in [-0.25, -0.2) is 0 Å². The van der Waals surface area contributed by atoms with Crippen molar-refractivity contribution >= 4 is 40.7 Å². The van der Waals surface area contributed by atoms with Gasteiger partial charge in [-0.3, -0.25) is 14.6 Å². The predicted molar refractivity (Wildman–Crippen MR) is 127 cm³/mol. The van der Waals surface area contributed by atoms with Crippen LogP contribution >= 0.6 is 23.2 Å². The molecule has 0 saturated carbocycles. The SMILES string of the molecule is COc1cc(Cl)c(N2CCN(C(=O)[C@H](NC(=O)Cc3ccncc3)C(C)C)CC2)cc1Cl. The lowest BCUT2D eigenvalue weighted by Gasteiger charge is -2.38. The number of hydrogen-bond acceptors (Lipinski definition) is 5. The molecule has 1 saturated heterocycles. The van der Waals surface area contributed by atoms with E-state index >= 15 is 0 Å². The molecule has 1 aromatic carbocycles. The number of pyridine rings is 1. The monoisotopic (exact) mass is 478 g/mol. The van der Waals surface area contributed by atoms with Gasteiger partial charge >= 0.3 is 0 Å². The third kappa shape index (κ3) is 5.84. The molecule has 2 aromatic rings. The Balaban J connectivity index is 1.61. The van der Waals surface area contributed by atoms with Crippen molar-refractivity contribution in [2.24, 2.45) is 5.92 Å². The van der Waals surface area contributed by atoms with Crippen molar-refractivity contribution in [3.8, 4) is 5.75 Å². The first-order valence-electron chi connectivity index (χ1n) is 10.5. The van der Waals surface area contributed by atoms with Crippen LogP contribution in [0.3, 0.4) is 0 Å². The molecule has 1 atom stereocenters. The minimum absolute atomic E-state index is 0.0308. The number of aromatic nitrogens is 1. The molecule has 2 heterocycles. The summed E-state index contributed by atoms with van der Waals surface area (Å²) >= 11 is 12.7. The van der Waals surface area contributed by atoms with Gasteiger partial charge in [0, 0.05) is 44.6 Å². The molecule has 9 heteroatoms. The molecule has 1 aliphatic rings. The highest BCUT2D eigenvalue weighted by molar-refractivity contribution is 6.36. The van der Waals surface area contributed by atoms with Gasteiger partial charge in [-0.05, 0) is 29.7 Å². The van der Waals surface area contributed by atoms with Gasteiger partial charge in [-0.15, -0.1) is 0 Å². The fourth-order valence-corrected chi connectivity index (χ4v) is 4.21. The van der Waals surface area contributed by atoms with Gasteiger partial charge < -0.3 is 19.9 Å². The Hall–Kier alpha value is -2.51. The van der Waals surface area contributed by atoms with E-state index in [1.807, 2.05) is 13.8 Å². The van der Waals surface area contributed by atoms with Crippen molar-refractivity contribution in [1.29, 1.82) is 0 Å². The number of ether oxygens (including phenoxy) is 1. The lowest BCUT2D eigenvalue weighted by Crippen LogP contribution is -2.56. The lowest BCUT2D eigenvalue weighted by molar-refractivity contribution is -0.137. The molecule has 0 bridgehead atoms. The summed E-state index contributed by atoms with van der Waals surface area (Å²) in [5.74, 6) is 0.247. The summed E-state index contributed by atoms with van der Waals surface area (Å²) in [4.78, 5) is 33.6. The molecular weight excluding hydrogens is 451 g/mol. The first-order valence-corrected chi connectivity index (χ1v) is 11.3. The Morgan fingerprint density at radius 2 is 1.75 bits per heavy atom. The second kappa shape index (κ2) is 10.9. The fourth-order valence-electron chi connectivity index (χ4n) is 3.71. The summed E-state index contributed by atoms with van der Waals surface area (Å²) in [6, 6.07) is 6.50. The van der Waals surface area contributed by atoms with Crippen molar-refractivity contribution in [2.75, 3.05) is 38.2 Å². The van der Waals surface area contributed by atoms with E-state index in [1.54, 1.807) is 48.7 Å². The van der Waals surface area contributed by atoms with E-state index in [4.69, 9.17) is 27.9 Å². The van der Waals surface area contributed by atoms with Crippen molar-refractivity contribution < 1.29 is 14.3 Å². The van der Waals surface area contributed by atoms with E-state index in [2.05, 4.69) is 15.2 Å². The number of carbonyl (C=O) groups excluding carboxylic acids is 2. The van der Waals surface area contributed by atoms with Gasteiger partial charge in [0.05, 0.1) is 29.3 Å². The zero-order valence-corrected chi connectivity index (χ0v) is 20.0. The Labute approximate surface area is 198 Å². The Kier molecular flexibility index (Phi) is 8.21. The van der Waals surface area contributed by atoms with Gasteiger partial charge in [-0.1, -0.05) is 37.0 Å². The number of hydrogen-bond donors (Lipinski definition) is 1. The number of methoxy groups -OCH3 is 1. The van der Waals surface area contributed by atoms with E-state index in [9.17, 15) is 9.59 Å². The average molecular weight is 479 g/mol. The van der Waals surface area contributed by atoms with Crippen LogP contribution in [0.5, 0.6) is 5.75 Å². The normalized spacial score (nSPS) is 14.9. The lowest BCUT2D eigenvalue weighted by atomic mass is 10.0. The highest BCUT2D eigenvalue weighted by atomic mass is 35.5. The second-order valence-corrected chi connectivity index (χ2v) is 8.89. The van der Waals surface area contributed by atoms with E-state index < -0.39 is 6.04 Å². The smallest absolute Gasteiger partial charge is 0.245 e. The molecule has 1 aromatic heterocycles. The quantitative estimate of drug-likeness (QED) is 0.659. The van der Waals surface area contributed by atoms with E-state index in [0.29, 0.717) is 42.0 Å². The zero-order chi connectivity index (χ0) is 23.3. The number of benzene rings is 1. The van der Waals surface area contributed by atoms with E-state index in [0.717, 1.165) is 11.3 Å². The van der Waals surface area contributed by atoms with Gasteiger partial charge in [0.25, 0.3) is 0 Å². The molecule has 1 aliphatic heterocycles. The first-order chi connectivity index (χ1) is 15.3. The number of nitrogens with one attached hydrogen (secondary N) is 1. The summed E-state index contributed by atoms with van der Waals surface area (Å²) in [6.45, 7) is 6.16. The number of nitrogens with zero attached hydrogens (tertiary/aromatic N) is 3. The topological polar surface area (TPSA) is 74.8 Å². The summed E-state index contributed by atoms with van der Waals surface area (Å²) in [7, 11) is 1.54. The van der Waals surface area contributed by atoms with Crippen molar-refractivity contribution in [3.05, 3.63) is 52.3 Å². The zero-order valence-electron chi connectivity index (χ0n) is 18.5. The number of anilines is 1. The van der Waals surface area contributed by atoms with Crippen molar-refractivity contribution in [3.63, 3.8) is 0 Å². The summed E-state index contributed by atoms with van der Waals surface area (Å²) < 4.78 is 5.21. The number of rotatable bonds is 7. The van der Waals surface area contributed by atoms with Crippen molar-refractivity contribution in [2.45, 2.75) is 26.3 Å². The summed E-state index contributed by atoms with van der Waals surface area (Å²) in [6.07, 6.45) is 3.51. The molecule has 0 radical (unpaired) electrons. The van der Waals surface area contributed by atoms with Gasteiger partial charge in [0.15, 0.2) is 0 Å². The van der Waals surface area contributed by atoms with E-state index in [-0.39, 0.29) is 24.2 Å². The molecule has 172 valence electrons. The van der Waals surface area contributed by atoms with Gasteiger partial charge in [0.2, 0.25) is 11.8 Å². The molecule has 0 spiro atoms. The molecule has 0 unspecified atom stereocenters. The van der Waals surface area contributed by atoms with E-state index in [1.165, 1.54) is 0 Å². The maximum Gasteiger partial charge on any atom is 0.245 e. The van der Waals surface area contributed by atoms with Gasteiger partial charge in [-0.2, -0.15) is 0 Å². The third-order valence-corrected chi connectivity index (χ3v) is 6.11. The molecule has 0 aliphatic carbocycles. The Morgan fingerprint density at radius 1 is 1.09 bits per heavy atom. The van der Waals surface area contributed by atoms with Crippen LogP contribution in [0.15, 0.2) is 36.7 Å². The maximum atomic E-state index is 13.2. The molecule has 32 heavy (non-hydrogen) atoms. The van der Waals surface area contributed by atoms with Crippen LogP contribution in [0.4, 0.5) is 5.69 Å². The average Bonchev–Trinajstić information content (AvgIpc) is 2.79. The van der Waals surface area contributed by atoms with Crippen LogP contribution < -0.4 is 15.0 Å². The third-order valence-electron chi connectivity index (χ3n) is 5.52. The highest BCUT2D eigenvalue weighted by Gasteiger charge is 2.31. The largest absolute Gasteiger partial charge is 0.495 e. The van der Waals surface area contributed by atoms with Crippen LogP contribution in [-0.2, 0) is 16.0 Å². The molecule has 1 N–H and O–H groups in total. The standard InChI is InChI=1S/C23H28Cl2N4O3/c1-15(2)22(27-21(30)12-16-4-6-26-7-5-16)23(31)29-10-8-28(9-11-29)19-13-18(25)20(32-3)14-17(19)24/h4-7,13-15,22H,8-12H2,1-3H3,(H,27,30)/t22-/m1/s1. The van der Waals surface area contributed by atoms with Crippen LogP contribution in [0, 0.1) is 5.92 Å². The van der Waals surface area contributed by atoms with Crippen LogP contribution in [0.2, 0.25) is 10.0 Å². The Bertz CT molecular complexity index is 948. The molecule has 7 nitrogen and oxygen atoms in total. The number of amides is 2. The molecule has 2 amide bonds. The molecule has 3 rings (SSSR count).